The van der Waals surface area contributed by atoms with Crippen LogP contribution in [0.4, 0.5) is 17.2 Å². The van der Waals surface area contributed by atoms with Gasteiger partial charge in [0.1, 0.15) is 11.6 Å². The number of hydrogen-bond acceptors (Lipinski definition) is 4. The molecule has 0 fully saturated rings. The number of halogens is 1. The van der Waals surface area contributed by atoms with Gasteiger partial charge in [0, 0.05) is 21.9 Å². The van der Waals surface area contributed by atoms with Crippen LogP contribution in [0.15, 0.2) is 71.3 Å². The van der Waals surface area contributed by atoms with Crippen LogP contribution in [0.1, 0.15) is 10.4 Å². The second-order valence-corrected chi connectivity index (χ2v) is 6.13. The smallest absolute Gasteiger partial charge is 0.255 e. The van der Waals surface area contributed by atoms with Crippen molar-refractivity contribution in [3.63, 3.8) is 0 Å². The third-order valence-corrected chi connectivity index (χ3v) is 4.02. The number of anilines is 3. The largest absolute Gasteiger partial charge is 0.495 e. The summed E-state index contributed by atoms with van der Waals surface area (Å²) >= 11 is 3.40. The molecule has 1 amide bonds. The molecule has 0 aliphatic heterocycles. The van der Waals surface area contributed by atoms with Crippen molar-refractivity contribution >= 4 is 39.0 Å². The van der Waals surface area contributed by atoms with Crippen molar-refractivity contribution in [1.29, 1.82) is 0 Å². The number of para-hydroxylation sites is 2. The summed E-state index contributed by atoms with van der Waals surface area (Å²) in [5.41, 5.74) is 2.01. The van der Waals surface area contributed by atoms with Crippen LogP contribution < -0.4 is 15.4 Å². The zero-order valence-corrected chi connectivity index (χ0v) is 15.1. The summed E-state index contributed by atoms with van der Waals surface area (Å²) in [5, 5.41) is 6.03. The Hall–Kier alpha value is -2.86. The number of methoxy groups -OCH3 is 1. The summed E-state index contributed by atoms with van der Waals surface area (Å²) in [6.45, 7) is 0. The average molecular weight is 398 g/mol. The molecule has 25 heavy (non-hydrogen) atoms. The van der Waals surface area contributed by atoms with Crippen molar-refractivity contribution in [3.8, 4) is 5.75 Å². The zero-order chi connectivity index (χ0) is 17.6. The molecular formula is C19H16BrN3O2. The van der Waals surface area contributed by atoms with E-state index >= 15 is 0 Å². The highest BCUT2D eigenvalue weighted by Crippen LogP contribution is 2.24. The number of pyridine rings is 1. The Bertz CT molecular complexity index is 882. The quantitative estimate of drug-likeness (QED) is 0.645. The van der Waals surface area contributed by atoms with E-state index in [2.05, 4.69) is 31.5 Å². The van der Waals surface area contributed by atoms with E-state index in [0.29, 0.717) is 22.8 Å². The Morgan fingerprint density at radius 2 is 1.84 bits per heavy atom. The van der Waals surface area contributed by atoms with Crippen LogP contribution in [0.2, 0.25) is 0 Å². The van der Waals surface area contributed by atoms with Gasteiger partial charge in [-0.3, -0.25) is 4.79 Å². The van der Waals surface area contributed by atoms with Crippen LogP contribution in [0.5, 0.6) is 5.75 Å². The molecule has 0 unspecified atom stereocenters. The number of benzene rings is 2. The average Bonchev–Trinajstić information content (AvgIpc) is 2.64. The number of rotatable bonds is 5. The molecule has 6 heteroatoms. The molecule has 1 aromatic heterocycles. The van der Waals surface area contributed by atoms with Gasteiger partial charge in [-0.2, -0.15) is 0 Å². The summed E-state index contributed by atoms with van der Waals surface area (Å²) in [6.07, 6.45) is 1.60. The lowest BCUT2D eigenvalue weighted by Gasteiger charge is -2.11. The van der Waals surface area contributed by atoms with Crippen molar-refractivity contribution in [2.24, 2.45) is 0 Å². The third-order valence-electron chi connectivity index (χ3n) is 3.49. The summed E-state index contributed by atoms with van der Waals surface area (Å²) in [4.78, 5) is 16.8. The SMILES string of the molecule is COc1ccccc1NC(=O)c1ccnc(Nc2ccc(Br)cc2)c1. The molecule has 1 heterocycles. The van der Waals surface area contributed by atoms with Gasteiger partial charge >= 0.3 is 0 Å². The molecule has 0 saturated heterocycles. The third kappa shape index (κ3) is 4.36. The predicted octanol–water partition coefficient (Wildman–Crippen LogP) is 4.85. The molecule has 0 atom stereocenters. The molecule has 5 nitrogen and oxygen atoms in total. The van der Waals surface area contributed by atoms with Crippen LogP contribution in [0.25, 0.3) is 0 Å². The second-order valence-electron chi connectivity index (χ2n) is 5.22. The molecule has 0 bridgehead atoms. The molecular weight excluding hydrogens is 382 g/mol. The van der Waals surface area contributed by atoms with Gasteiger partial charge < -0.3 is 15.4 Å². The highest BCUT2D eigenvalue weighted by atomic mass is 79.9. The first kappa shape index (κ1) is 17.0. The number of carbonyl (C=O) groups excluding carboxylic acids is 1. The normalized spacial score (nSPS) is 10.2. The van der Waals surface area contributed by atoms with Gasteiger partial charge in [-0.25, -0.2) is 4.98 Å². The number of carbonyl (C=O) groups is 1. The summed E-state index contributed by atoms with van der Waals surface area (Å²) in [6, 6.07) is 18.3. The van der Waals surface area contributed by atoms with Crippen LogP contribution in [0.3, 0.4) is 0 Å². The van der Waals surface area contributed by atoms with E-state index in [1.54, 1.807) is 37.6 Å². The number of nitrogens with zero attached hydrogens (tertiary/aromatic N) is 1. The number of hydrogen-bond donors (Lipinski definition) is 2. The predicted molar refractivity (Wildman–Crippen MR) is 103 cm³/mol. The van der Waals surface area contributed by atoms with Gasteiger partial charge in [0.2, 0.25) is 0 Å². The van der Waals surface area contributed by atoms with Crippen molar-refractivity contribution in [1.82, 2.24) is 4.98 Å². The molecule has 0 aliphatic rings. The topological polar surface area (TPSA) is 63.2 Å². The lowest BCUT2D eigenvalue weighted by Crippen LogP contribution is -2.13. The monoisotopic (exact) mass is 397 g/mol. The van der Waals surface area contributed by atoms with E-state index in [1.807, 2.05) is 36.4 Å². The first-order valence-corrected chi connectivity index (χ1v) is 8.38. The standard InChI is InChI=1S/C19H16BrN3O2/c1-25-17-5-3-2-4-16(17)23-19(24)13-10-11-21-18(12-13)22-15-8-6-14(20)7-9-15/h2-12H,1H3,(H,21,22)(H,23,24). The highest BCUT2D eigenvalue weighted by molar-refractivity contribution is 9.10. The Kier molecular flexibility index (Phi) is 5.30. The minimum Gasteiger partial charge on any atom is -0.495 e. The maximum atomic E-state index is 12.5. The van der Waals surface area contributed by atoms with E-state index in [9.17, 15) is 4.79 Å². The van der Waals surface area contributed by atoms with Crippen molar-refractivity contribution in [3.05, 3.63) is 76.9 Å². The van der Waals surface area contributed by atoms with E-state index in [0.717, 1.165) is 10.2 Å². The minimum absolute atomic E-state index is 0.231. The lowest BCUT2D eigenvalue weighted by atomic mass is 10.2. The maximum absolute atomic E-state index is 12.5. The molecule has 0 spiro atoms. The van der Waals surface area contributed by atoms with E-state index < -0.39 is 0 Å². The van der Waals surface area contributed by atoms with Crippen LogP contribution >= 0.6 is 15.9 Å². The molecule has 3 aromatic rings. The molecule has 0 radical (unpaired) electrons. The van der Waals surface area contributed by atoms with Crippen molar-refractivity contribution in [2.75, 3.05) is 17.7 Å². The fourth-order valence-corrected chi connectivity index (χ4v) is 2.53. The Labute approximate surface area is 154 Å². The Morgan fingerprint density at radius 1 is 1.08 bits per heavy atom. The molecule has 3 rings (SSSR count). The molecule has 0 saturated carbocycles. The summed E-state index contributed by atoms with van der Waals surface area (Å²) < 4.78 is 6.25. The highest BCUT2D eigenvalue weighted by Gasteiger charge is 2.10. The summed E-state index contributed by atoms with van der Waals surface area (Å²) in [7, 11) is 1.57. The molecule has 2 N–H and O–H groups in total. The van der Waals surface area contributed by atoms with Gasteiger partial charge in [-0.05, 0) is 48.5 Å². The molecule has 2 aromatic carbocycles. The van der Waals surface area contributed by atoms with Crippen LogP contribution in [0, 0.1) is 0 Å². The lowest BCUT2D eigenvalue weighted by molar-refractivity contribution is 0.102. The van der Waals surface area contributed by atoms with Gasteiger partial charge in [-0.1, -0.05) is 28.1 Å². The molecule has 126 valence electrons. The fraction of sp³-hybridized carbons (Fsp3) is 0.0526. The first-order valence-electron chi connectivity index (χ1n) is 7.59. The second kappa shape index (κ2) is 7.81. The summed E-state index contributed by atoms with van der Waals surface area (Å²) in [5.74, 6) is 0.971. The number of ether oxygens (including phenoxy) is 1. The first-order chi connectivity index (χ1) is 12.2. The van der Waals surface area contributed by atoms with E-state index in [4.69, 9.17) is 4.74 Å². The Morgan fingerprint density at radius 3 is 2.60 bits per heavy atom. The van der Waals surface area contributed by atoms with Gasteiger partial charge in [0.15, 0.2) is 0 Å². The minimum atomic E-state index is -0.231. The van der Waals surface area contributed by atoms with Crippen molar-refractivity contribution < 1.29 is 9.53 Å². The number of aromatic nitrogens is 1. The maximum Gasteiger partial charge on any atom is 0.255 e. The van der Waals surface area contributed by atoms with Crippen LogP contribution in [-0.4, -0.2) is 18.0 Å². The number of amides is 1. The van der Waals surface area contributed by atoms with E-state index in [1.165, 1.54) is 0 Å². The fourth-order valence-electron chi connectivity index (χ4n) is 2.26. The molecule has 0 aliphatic carbocycles. The van der Waals surface area contributed by atoms with Crippen molar-refractivity contribution in [2.45, 2.75) is 0 Å². The van der Waals surface area contributed by atoms with Crippen LogP contribution in [-0.2, 0) is 0 Å². The zero-order valence-electron chi connectivity index (χ0n) is 13.5. The van der Waals surface area contributed by atoms with Gasteiger partial charge in [-0.15, -0.1) is 0 Å². The van der Waals surface area contributed by atoms with E-state index in [-0.39, 0.29) is 5.91 Å². The number of nitrogens with one attached hydrogen (secondary N) is 2. The van der Waals surface area contributed by atoms with Gasteiger partial charge in [0.25, 0.3) is 5.91 Å². The van der Waals surface area contributed by atoms with Gasteiger partial charge in [0.05, 0.1) is 12.8 Å². The Balaban J connectivity index is 1.76.